The zero-order valence-electron chi connectivity index (χ0n) is 16.1. The number of piperazine rings is 1. The zero-order valence-corrected chi connectivity index (χ0v) is 16.9. The molecule has 0 N–H and O–H groups in total. The Morgan fingerprint density at radius 1 is 0.900 bits per heavy atom. The van der Waals surface area contributed by atoms with Crippen LogP contribution in [0.1, 0.15) is 10.4 Å². The van der Waals surface area contributed by atoms with Crippen LogP contribution in [0, 0.1) is 0 Å². The topological polar surface area (TPSA) is 66.6 Å². The number of halogens is 1. The maximum absolute atomic E-state index is 13.1. The summed E-state index contributed by atoms with van der Waals surface area (Å²) in [5.41, 5.74) is 2.20. The Morgan fingerprint density at radius 3 is 2.43 bits per heavy atom. The van der Waals surface area contributed by atoms with Gasteiger partial charge in [-0.3, -0.25) is 9.20 Å². The highest BCUT2D eigenvalue weighted by Crippen LogP contribution is 2.22. The number of amides is 1. The highest BCUT2D eigenvalue weighted by Gasteiger charge is 2.23. The quantitative estimate of drug-likeness (QED) is 0.510. The zero-order chi connectivity index (χ0) is 20.5. The molecular weight excluding hydrogens is 400 g/mol. The number of nitrogens with zero attached hydrogens (tertiary/aromatic N) is 6. The molecule has 0 saturated carbocycles. The lowest BCUT2D eigenvalue weighted by Crippen LogP contribution is -2.49. The first-order valence-electron chi connectivity index (χ1n) is 9.75. The summed E-state index contributed by atoms with van der Waals surface area (Å²) in [7, 11) is 0. The fourth-order valence-electron chi connectivity index (χ4n) is 3.68. The van der Waals surface area contributed by atoms with Crippen molar-refractivity contribution in [2.45, 2.75) is 0 Å². The van der Waals surface area contributed by atoms with Gasteiger partial charge in [-0.2, -0.15) is 0 Å². The van der Waals surface area contributed by atoms with Gasteiger partial charge in [-0.1, -0.05) is 17.7 Å². The van der Waals surface area contributed by atoms with E-state index in [9.17, 15) is 4.79 Å². The molecule has 4 heterocycles. The largest absolute Gasteiger partial charge is 0.353 e. The SMILES string of the molecule is O=C(c1ccc2nnc(-c3ccc(Cl)cc3)n2c1)N1CCN(c2ccccn2)CC1. The highest BCUT2D eigenvalue weighted by atomic mass is 35.5. The molecule has 7 nitrogen and oxygen atoms in total. The maximum atomic E-state index is 13.1. The van der Waals surface area contributed by atoms with Crippen molar-refractivity contribution >= 4 is 29.0 Å². The van der Waals surface area contributed by atoms with Crippen LogP contribution < -0.4 is 4.90 Å². The van der Waals surface area contributed by atoms with Gasteiger partial charge < -0.3 is 9.80 Å². The molecule has 1 aliphatic heterocycles. The predicted octanol–water partition coefficient (Wildman–Crippen LogP) is 3.41. The molecule has 0 aliphatic carbocycles. The van der Waals surface area contributed by atoms with Gasteiger partial charge in [-0.25, -0.2) is 4.98 Å². The van der Waals surface area contributed by atoms with Crippen LogP contribution in [0.5, 0.6) is 0 Å². The first kappa shape index (κ1) is 18.6. The van der Waals surface area contributed by atoms with E-state index in [1.807, 2.05) is 70.1 Å². The minimum Gasteiger partial charge on any atom is -0.353 e. The average Bonchev–Trinajstić information content (AvgIpc) is 3.23. The van der Waals surface area contributed by atoms with Gasteiger partial charge in [0.15, 0.2) is 11.5 Å². The predicted molar refractivity (Wildman–Crippen MR) is 116 cm³/mol. The van der Waals surface area contributed by atoms with Gasteiger partial charge in [0.05, 0.1) is 5.56 Å². The molecular formula is C22H19ClN6O. The van der Waals surface area contributed by atoms with Crippen LogP contribution in [0.25, 0.3) is 17.0 Å². The summed E-state index contributed by atoms with van der Waals surface area (Å²) in [5, 5.41) is 9.16. The van der Waals surface area contributed by atoms with Gasteiger partial charge in [0, 0.05) is 49.2 Å². The number of rotatable bonds is 3. The first-order valence-corrected chi connectivity index (χ1v) is 10.1. The molecule has 8 heteroatoms. The summed E-state index contributed by atoms with van der Waals surface area (Å²) >= 11 is 5.99. The Hall–Kier alpha value is -3.45. The maximum Gasteiger partial charge on any atom is 0.255 e. The standard InChI is InChI=1S/C22H19ClN6O/c23-18-7-4-16(5-8-18)21-26-25-20-9-6-17(15-29(20)21)22(30)28-13-11-27(12-14-28)19-3-1-2-10-24-19/h1-10,15H,11-14H2. The molecule has 30 heavy (non-hydrogen) atoms. The number of aromatic nitrogens is 4. The normalized spacial score (nSPS) is 14.3. The fraction of sp³-hybridized carbons (Fsp3) is 0.182. The first-order chi connectivity index (χ1) is 14.7. The van der Waals surface area contributed by atoms with Crippen molar-refractivity contribution < 1.29 is 4.79 Å². The lowest BCUT2D eigenvalue weighted by Gasteiger charge is -2.35. The summed E-state index contributed by atoms with van der Waals surface area (Å²) in [6.45, 7) is 2.82. The molecule has 5 rings (SSSR count). The van der Waals surface area contributed by atoms with Crippen LogP contribution in [0.15, 0.2) is 67.0 Å². The molecule has 3 aromatic heterocycles. The summed E-state index contributed by atoms with van der Waals surface area (Å²) in [6, 6.07) is 16.9. The molecule has 1 amide bonds. The van der Waals surface area contributed by atoms with Crippen molar-refractivity contribution in [3.05, 3.63) is 77.6 Å². The van der Waals surface area contributed by atoms with Gasteiger partial charge in [0.1, 0.15) is 5.82 Å². The van der Waals surface area contributed by atoms with Gasteiger partial charge in [0.25, 0.3) is 5.91 Å². The number of carbonyl (C=O) groups excluding carboxylic acids is 1. The molecule has 1 saturated heterocycles. The lowest BCUT2D eigenvalue weighted by atomic mass is 10.2. The number of hydrogen-bond acceptors (Lipinski definition) is 5. The number of carbonyl (C=O) groups is 1. The van der Waals surface area contributed by atoms with E-state index in [0.717, 1.165) is 24.5 Å². The molecule has 0 radical (unpaired) electrons. The molecule has 4 aromatic rings. The second-order valence-corrected chi connectivity index (χ2v) is 7.58. The number of hydrogen-bond donors (Lipinski definition) is 0. The summed E-state index contributed by atoms with van der Waals surface area (Å²) in [6.07, 6.45) is 3.60. The summed E-state index contributed by atoms with van der Waals surface area (Å²) in [4.78, 5) is 21.6. The van der Waals surface area contributed by atoms with Crippen molar-refractivity contribution in [3.63, 3.8) is 0 Å². The second kappa shape index (κ2) is 7.76. The number of benzene rings is 1. The third-order valence-corrected chi connectivity index (χ3v) is 5.54. The van der Waals surface area contributed by atoms with Gasteiger partial charge in [-0.05, 0) is 48.5 Å². The Bertz CT molecular complexity index is 1180. The fourth-order valence-corrected chi connectivity index (χ4v) is 3.80. The number of fused-ring (bicyclic) bond motifs is 1. The molecule has 0 bridgehead atoms. The second-order valence-electron chi connectivity index (χ2n) is 7.14. The van der Waals surface area contributed by atoms with E-state index in [1.54, 1.807) is 6.20 Å². The minimum atomic E-state index is 0.00771. The van der Waals surface area contributed by atoms with Crippen LogP contribution in [-0.2, 0) is 0 Å². The monoisotopic (exact) mass is 418 g/mol. The third kappa shape index (κ3) is 3.48. The van der Waals surface area contributed by atoms with E-state index in [-0.39, 0.29) is 5.91 Å². The van der Waals surface area contributed by atoms with E-state index in [2.05, 4.69) is 20.1 Å². The van der Waals surface area contributed by atoms with Crippen LogP contribution in [-0.4, -0.2) is 56.6 Å². The van der Waals surface area contributed by atoms with E-state index < -0.39 is 0 Å². The molecule has 0 unspecified atom stereocenters. The van der Waals surface area contributed by atoms with E-state index in [4.69, 9.17) is 11.6 Å². The van der Waals surface area contributed by atoms with E-state index in [1.165, 1.54) is 0 Å². The highest BCUT2D eigenvalue weighted by molar-refractivity contribution is 6.30. The minimum absolute atomic E-state index is 0.00771. The molecule has 1 aromatic carbocycles. The van der Waals surface area contributed by atoms with Crippen LogP contribution >= 0.6 is 11.6 Å². The van der Waals surface area contributed by atoms with Crippen molar-refractivity contribution in [3.8, 4) is 11.4 Å². The molecule has 150 valence electrons. The Morgan fingerprint density at radius 2 is 1.70 bits per heavy atom. The van der Waals surface area contributed by atoms with Crippen molar-refractivity contribution in [2.75, 3.05) is 31.1 Å². The van der Waals surface area contributed by atoms with E-state index >= 15 is 0 Å². The number of pyridine rings is 2. The summed E-state index contributed by atoms with van der Waals surface area (Å²) in [5.74, 6) is 1.63. The smallest absolute Gasteiger partial charge is 0.255 e. The van der Waals surface area contributed by atoms with Crippen LogP contribution in [0.2, 0.25) is 5.02 Å². The Labute approximate surface area is 178 Å². The van der Waals surface area contributed by atoms with Crippen LogP contribution in [0.4, 0.5) is 5.82 Å². The molecule has 1 fully saturated rings. The van der Waals surface area contributed by atoms with Gasteiger partial charge in [-0.15, -0.1) is 10.2 Å². The Balaban J connectivity index is 1.36. The lowest BCUT2D eigenvalue weighted by molar-refractivity contribution is 0.0746. The van der Waals surface area contributed by atoms with E-state index in [0.29, 0.717) is 35.1 Å². The molecule has 0 spiro atoms. The average molecular weight is 419 g/mol. The van der Waals surface area contributed by atoms with Gasteiger partial charge in [0.2, 0.25) is 0 Å². The van der Waals surface area contributed by atoms with Crippen molar-refractivity contribution in [1.82, 2.24) is 24.5 Å². The molecule has 0 atom stereocenters. The molecule has 1 aliphatic rings. The van der Waals surface area contributed by atoms with Crippen LogP contribution in [0.3, 0.4) is 0 Å². The number of anilines is 1. The van der Waals surface area contributed by atoms with Crippen molar-refractivity contribution in [1.29, 1.82) is 0 Å². The summed E-state index contributed by atoms with van der Waals surface area (Å²) < 4.78 is 1.85. The van der Waals surface area contributed by atoms with Gasteiger partial charge >= 0.3 is 0 Å². The van der Waals surface area contributed by atoms with Crippen molar-refractivity contribution in [2.24, 2.45) is 0 Å². The third-order valence-electron chi connectivity index (χ3n) is 5.29. The Kier molecular flexibility index (Phi) is 4.80.